The lowest BCUT2D eigenvalue weighted by Crippen LogP contribution is -2.46. The van der Waals surface area contributed by atoms with E-state index in [-0.39, 0.29) is 11.9 Å². The summed E-state index contributed by atoms with van der Waals surface area (Å²) in [4.78, 5) is 14.2. The van der Waals surface area contributed by atoms with Crippen molar-refractivity contribution in [3.05, 3.63) is 22.7 Å². The molecule has 1 aromatic rings. The van der Waals surface area contributed by atoms with Gasteiger partial charge in [0.15, 0.2) is 0 Å². The normalized spacial score (nSPS) is 27.4. The molecule has 2 aliphatic heterocycles. The molecule has 0 aromatic heterocycles. The Morgan fingerprint density at radius 2 is 2.31 bits per heavy atom. The summed E-state index contributed by atoms with van der Waals surface area (Å²) in [5, 5.41) is 2.99. The molecular formula is C12H13BrN2O. The predicted molar refractivity (Wildman–Crippen MR) is 67.7 cm³/mol. The average Bonchev–Trinajstić information content (AvgIpc) is 2.61. The molecular weight excluding hydrogens is 268 g/mol. The highest BCUT2D eigenvalue weighted by Gasteiger charge is 2.40. The number of nitrogens with zero attached hydrogens (tertiary/aromatic N) is 1. The van der Waals surface area contributed by atoms with Crippen LogP contribution in [0.25, 0.3) is 0 Å². The van der Waals surface area contributed by atoms with Crippen LogP contribution in [0.1, 0.15) is 13.3 Å². The second-order valence-corrected chi connectivity index (χ2v) is 5.47. The largest absolute Gasteiger partial charge is 0.358 e. The maximum Gasteiger partial charge on any atom is 0.247 e. The Hall–Kier alpha value is -1.03. The van der Waals surface area contributed by atoms with Crippen LogP contribution in [0.3, 0.4) is 0 Å². The number of amides is 1. The van der Waals surface area contributed by atoms with Crippen molar-refractivity contribution >= 4 is 33.2 Å². The summed E-state index contributed by atoms with van der Waals surface area (Å²) in [5.41, 5.74) is 2.07. The highest BCUT2D eigenvalue weighted by molar-refractivity contribution is 9.10. The molecule has 84 valence electrons. The Balaban J connectivity index is 2.09. The van der Waals surface area contributed by atoms with Crippen molar-refractivity contribution in [1.82, 2.24) is 0 Å². The molecule has 1 N–H and O–H groups in total. The van der Waals surface area contributed by atoms with Gasteiger partial charge in [-0.05, 0) is 30.5 Å². The van der Waals surface area contributed by atoms with E-state index in [9.17, 15) is 4.79 Å². The molecule has 2 atom stereocenters. The molecule has 2 unspecified atom stereocenters. The zero-order valence-corrected chi connectivity index (χ0v) is 10.6. The van der Waals surface area contributed by atoms with Crippen LogP contribution < -0.4 is 10.2 Å². The first-order valence-electron chi connectivity index (χ1n) is 5.54. The van der Waals surface area contributed by atoms with Gasteiger partial charge in [0.1, 0.15) is 6.04 Å². The van der Waals surface area contributed by atoms with E-state index in [0.29, 0.717) is 5.92 Å². The van der Waals surface area contributed by atoms with Crippen molar-refractivity contribution in [1.29, 1.82) is 0 Å². The molecule has 1 amide bonds. The van der Waals surface area contributed by atoms with Crippen LogP contribution in [0.15, 0.2) is 22.7 Å². The number of hydrogen-bond donors (Lipinski definition) is 1. The molecule has 2 aliphatic rings. The van der Waals surface area contributed by atoms with Gasteiger partial charge in [-0.2, -0.15) is 0 Å². The number of fused-ring (bicyclic) bond motifs is 3. The van der Waals surface area contributed by atoms with E-state index in [0.717, 1.165) is 28.8 Å². The molecule has 4 heteroatoms. The SMILES string of the molecule is CC1CCN2c3ccc(Br)cc3NC(=O)C12. The van der Waals surface area contributed by atoms with E-state index in [1.165, 1.54) is 0 Å². The first kappa shape index (κ1) is 10.1. The van der Waals surface area contributed by atoms with Gasteiger partial charge in [0.2, 0.25) is 5.91 Å². The molecule has 0 saturated carbocycles. The van der Waals surface area contributed by atoms with Crippen molar-refractivity contribution in [2.45, 2.75) is 19.4 Å². The van der Waals surface area contributed by atoms with Gasteiger partial charge in [-0.25, -0.2) is 0 Å². The third-order valence-electron chi connectivity index (χ3n) is 3.49. The van der Waals surface area contributed by atoms with Gasteiger partial charge in [-0.3, -0.25) is 4.79 Å². The van der Waals surface area contributed by atoms with Crippen LogP contribution >= 0.6 is 15.9 Å². The number of halogens is 1. The monoisotopic (exact) mass is 280 g/mol. The van der Waals surface area contributed by atoms with E-state index >= 15 is 0 Å². The van der Waals surface area contributed by atoms with Crippen molar-refractivity contribution < 1.29 is 4.79 Å². The summed E-state index contributed by atoms with van der Waals surface area (Å²) in [6.07, 6.45) is 1.09. The van der Waals surface area contributed by atoms with Crippen LogP contribution in [0, 0.1) is 5.92 Å². The van der Waals surface area contributed by atoms with E-state index in [4.69, 9.17) is 0 Å². The topological polar surface area (TPSA) is 32.3 Å². The van der Waals surface area contributed by atoms with Crippen LogP contribution in [0.4, 0.5) is 11.4 Å². The summed E-state index contributed by atoms with van der Waals surface area (Å²) in [5.74, 6) is 0.576. The molecule has 0 spiro atoms. The maximum atomic E-state index is 12.0. The fourth-order valence-corrected chi connectivity index (χ4v) is 3.04. The number of benzene rings is 1. The first-order chi connectivity index (χ1) is 7.66. The van der Waals surface area contributed by atoms with Crippen LogP contribution in [0.5, 0.6) is 0 Å². The lowest BCUT2D eigenvalue weighted by Gasteiger charge is -2.34. The summed E-state index contributed by atoms with van der Waals surface area (Å²) in [6.45, 7) is 3.13. The number of rotatable bonds is 0. The standard InChI is InChI=1S/C12H13BrN2O/c1-7-4-5-15-10-3-2-8(13)6-9(10)14-12(16)11(7)15/h2-3,6-7,11H,4-5H2,1H3,(H,14,16). The molecule has 1 saturated heterocycles. The van der Waals surface area contributed by atoms with Gasteiger partial charge < -0.3 is 10.2 Å². The minimum atomic E-state index is 0.0219. The highest BCUT2D eigenvalue weighted by Crippen LogP contribution is 2.39. The molecule has 0 radical (unpaired) electrons. The highest BCUT2D eigenvalue weighted by atomic mass is 79.9. The first-order valence-corrected chi connectivity index (χ1v) is 6.33. The third-order valence-corrected chi connectivity index (χ3v) is 3.99. The Kier molecular flexibility index (Phi) is 2.21. The van der Waals surface area contributed by atoms with Gasteiger partial charge in [0.25, 0.3) is 0 Å². The summed E-state index contributed by atoms with van der Waals surface area (Å²) >= 11 is 3.42. The molecule has 2 heterocycles. The van der Waals surface area contributed by atoms with Gasteiger partial charge in [0.05, 0.1) is 11.4 Å². The second kappa shape index (κ2) is 3.48. The zero-order valence-electron chi connectivity index (χ0n) is 9.03. The lowest BCUT2D eigenvalue weighted by molar-refractivity contribution is -0.118. The van der Waals surface area contributed by atoms with E-state index in [2.05, 4.69) is 39.1 Å². The molecule has 1 fully saturated rings. The zero-order chi connectivity index (χ0) is 11.3. The minimum Gasteiger partial charge on any atom is -0.358 e. The lowest BCUT2D eigenvalue weighted by atomic mass is 10.00. The van der Waals surface area contributed by atoms with Gasteiger partial charge in [-0.15, -0.1) is 0 Å². The van der Waals surface area contributed by atoms with Crippen molar-refractivity contribution in [3.8, 4) is 0 Å². The smallest absolute Gasteiger partial charge is 0.247 e. The van der Waals surface area contributed by atoms with E-state index in [1.807, 2.05) is 12.1 Å². The number of carbonyl (C=O) groups excluding carboxylic acids is 1. The second-order valence-electron chi connectivity index (χ2n) is 4.55. The van der Waals surface area contributed by atoms with Crippen molar-refractivity contribution in [2.75, 3.05) is 16.8 Å². The van der Waals surface area contributed by atoms with E-state index in [1.54, 1.807) is 0 Å². The van der Waals surface area contributed by atoms with Crippen molar-refractivity contribution in [3.63, 3.8) is 0 Å². The van der Waals surface area contributed by atoms with Crippen molar-refractivity contribution in [2.24, 2.45) is 5.92 Å². The summed E-state index contributed by atoms with van der Waals surface area (Å²) < 4.78 is 0.997. The molecule has 3 rings (SSSR count). The van der Waals surface area contributed by atoms with Crippen LogP contribution in [-0.2, 0) is 4.79 Å². The van der Waals surface area contributed by atoms with Crippen LogP contribution in [0.2, 0.25) is 0 Å². The van der Waals surface area contributed by atoms with Gasteiger partial charge >= 0.3 is 0 Å². The minimum absolute atomic E-state index is 0.0219. The fraction of sp³-hybridized carbons (Fsp3) is 0.417. The molecule has 1 aromatic carbocycles. The predicted octanol–water partition coefficient (Wildman–Crippen LogP) is 2.62. The number of hydrogen-bond acceptors (Lipinski definition) is 2. The van der Waals surface area contributed by atoms with Crippen LogP contribution in [-0.4, -0.2) is 18.5 Å². The number of nitrogens with one attached hydrogen (secondary N) is 1. The third kappa shape index (κ3) is 1.36. The molecule has 16 heavy (non-hydrogen) atoms. The average molecular weight is 281 g/mol. The maximum absolute atomic E-state index is 12.0. The Morgan fingerprint density at radius 1 is 1.50 bits per heavy atom. The Bertz CT molecular complexity index is 460. The molecule has 0 aliphatic carbocycles. The molecule has 0 bridgehead atoms. The Labute approximate surface area is 103 Å². The van der Waals surface area contributed by atoms with Gasteiger partial charge in [-0.1, -0.05) is 22.9 Å². The Morgan fingerprint density at radius 3 is 3.12 bits per heavy atom. The quantitative estimate of drug-likeness (QED) is 0.792. The summed E-state index contributed by atoms with van der Waals surface area (Å²) in [7, 11) is 0. The fourth-order valence-electron chi connectivity index (χ4n) is 2.68. The number of anilines is 2. The number of carbonyl (C=O) groups is 1. The summed E-state index contributed by atoms with van der Waals surface area (Å²) in [6, 6.07) is 6.08. The van der Waals surface area contributed by atoms with Gasteiger partial charge in [0, 0.05) is 11.0 Å². The molecule has 3 nitrogen and oxygen atoms in total. The van der Waals surface area contributed by atoms with E-state index < -0.39 is 0 Å².